The third-order valence-electron chi connectivity index (χ3n) is 6.79. The first kappa shape index (κ1) is 21.0. The van der Waals surface area contributed by atoms with Crippen LogP contribution in [0.3, 0.4) is 0 Å². The lowest BCUT2D eigenvalue weighted by atomic mass is 9.89. The first-order chi connectivity index (χ1) is 15.6. The molecule has 0 atom stereocenters. The highest BCUT2D eigenvalue weighted by molar-refractivity contribution is 5.95. The molecule has 0 aliphatic heterocycles. The molecule has 1 aromatic carbocycles. The van der Waals surface area contributed by atoms with E-state index >= 15 is 0 Å². The van der Waals surface area contributed by atoms with Gasteiger partial charge in [0.25, 0.3) is 0 Å². The second-order valence-corrected chi connectivity index (χ2v) is 9.12. The molecular weight excluding hydrogens is 398 g/mol. The maximum Gasteiger partial charge on any atom is 0.141 e. The van der Waals surface area contributed by atoms with Crippen LogP contribution in [0.5, 0.6) is 0 Å². The van der Waals surface area contributed by atoms with Crippen molar-refractivity contribution < 1.29 is 9.26 Å². The van der Waals surface area contributed by atoms with Crippen LogP contribution in [0.25, 0.3) is 33.3 Å². The average molecular weight is 430 g/mol. The van der Waals surface area contributed by atoms with Gasteiger partial charge in [-0.3, -0.25) is 4.98 Å². The quantitative estimate of drug-likeness (QED) is 0.342. The van der Waals surface area contributed by atoms with Crippen LogP contribution >= 0.6 is 0 Å². The van der Waals surface area contributed by atoms with Crippen molar-refractivity contribution in [3.8, 4) is 22.3 Å². The lowest BCUT2D eigenvalue weighted by molar-refractivity contribution is 0.185. The smallest absolute Gasteiger partial charge is 0.141 e. The number of pyridine rings is 1. The molecule has 3 aromatic heterocycles. The van der Waals surface area contributed by atoms with Crippen molar-refractivity contribution in [1.29, 1.82) is 0 Å². The number of methoxy groups -OCH3 is 1. The second kappa shape index (κ2) is 8.91. The fourth-order valence-electron chi connectivity index (χ4n) is 5.16. The van der Waals surface area contributed by atoms with Crippen molar-refractivity contribution in [3.05, 3.63) is 59.7 Å². The van der Waals surface area contributed by atoms with Crippen molar-refractivity contribution in [1.82, 2.24) is 14.7 Å². The van der Waals surface area contributed by atoms with E-state index in [-0.39, 0.29) is 0 Å². The summed E-state index contributed by atoms with van der Waals surface area (Å²) >= 11 is 0. The fourth-order valence-corrected chi connectivity index (χ4v) is 5.16. The zero-order chi connectivity index (χ0) is 22.1. The van der Waals surface area contributed by atoms with Gasteiger partial charge in [0.1, 0.15) is 5.76 Å². The average Bonchev–Trinajstić information content (AvgIpc) is 3.34. The lowest BCUT2D eigenvalue weighted by Crippen LogP contribution is -2.13. The molecule has 0 unspecified atom stereocenters. The summed E-state index contributed by atoms with van der Waals surface area (Å²) in [6.07, 6.45) is 11.0. The summed E-state index contributed by atoms with van der Waals surface area (Å²) in [5.41, 5.74) is 8.81. The molecule has 1 aliphatic carbocycles. The third-order valence-corrected chi connectivity index (χ3v) is 6.79. The number of hydrogen-bond acceptors (Lipinski definition) is 4. The summed E-state index contributed by atoms with van der Waals surface area (Å²) in [5, 5.41) is 4.14. The van der Waals surface area contributed by atoms with E-state index in [0.717, 1.165) is 40.6 Å². The van der Waals surface area contributed by atoms with Crippen molar-refractivity contribution >= 4 is 11.0 Å². The Morgan fingerprint density at radius 2 is 1.84 bits per heavy atom. The summed E-state index contributed by atoms with van der Waals surface area (Å²) in [6, 6.07) is 10.9. The first-order valence-electron chi connectivity index (χ1n) is 11.6. The van der Waals surface area contributed by atoms with Crippen LogP contribution in [0.1, 0.15) is 49.1 Å². The highest BCUT2D eigenvalue weighted by atomic mass is 16.5. The summed E-state index contributed by atoms with van der Waals surface area (Å²) in [5.74, 6) is 1.57. The number of benzene rings is 1. The SMILES string of the molecule is COCc1ccc(-c2cn(CC3CCCCC3)c3cc(-c4c(C)noc4C)cnc23)cc1. The first-order valence-corrected chi connectivity index (χ1v) is 11.6. The maximum absolute atomic E-state index is 5.42. The van der Waals surface area contributed by atoms with Crippen molar-refractivity contribution in [3.63, 3.8) is 0 Å². The molecule has 0 amide bonds. The van der Waals surface area contributed by atoms with Gasteiger partial charge in [-0.15, -0.1) is 0 Å². The standard InChI is InChI=1S/C27H31N3O2/c1-18-26(19(2)32-29-18)23-13-25-27(28-14-23)24(22-11-9-21(10-12-22)17-31-3)16-30(25)15-20-7-5-4-6-8-20/h9-14,16,20H,4-8,15,17H2,1-3H3. The number of aryl methyl sites for hydroxylation is 2. The van der Waals surface area contributed by atoms with Crippen molar-refractivity contribution in [2.45, 2.75) is 59.1 Å². The maximum atomic E-state index is 5.42. The molecule has 1 aliphatic rings. The minimum atomic E-state index is 0.628. The summed E-state index contributed by atoms with van der Waals surface area (Å²) in [7, 11) is 1.73. The van der Waals surface area contributed by atoms with Gasteiger partial charge in [0.05, 0.1) is 23.3 Å². The van der Waals surface area contributed by atoms with E-state index in [1.165, 1.54) is 54.3 Å². The van der Waals surface area contributed by atoms with Gasteiger partial charge in [-0.1, -0.05) is 48.7 Å². The zero-order valence-electron chi connectivity index (χ0n) is 19.2. The van der Waals surface area contributed by atoms with Crippen LogP contribution in [0.4, 0.5) is 0 Å². The molecule has 0 spiro atoms. The van der Waals surface area contributed by atoms with Gasteiger partial charge in [-0.25, -0.2) is 0 Å². The van der Waals surface area contributed by atoms with E-state index in [1.54, 1.807) is 7.11 Å². The van der Waals surface area contributed by atoms with E-state index in [0.29, 0.717) is 6.61 Å². The number of aromatic nitrogens is 3. The molecule has 166 valence electrons. The molecule has 5 rings (SSSR count). The number of rotatable bonds is 6. The molecule has 0 N–H and O–H groups in total. The van der Waals surface area contributed by atoms with Gasteiger partial charge in [-0.2, -0.15) is 0 Å². The Labute approximate surface area is 189 Å². The van der Waals surface area contributed by atoms with Crippen LogP contribution < -0.4 is 0 Å². The largest absolute Gasteiger partial charge is 0.380 e. The summed E-state index contributed by atoms with van der Waals surface area (Å²) in [4.78, 5) is 4.95. The van der Waals surface area contributed by atoms with Crippen LogP contribution in [-0.2, 0) is 17.9 Å². The molecule has 0 saturated heterocycles. The molecule has 5 nitrogen and oxygen atoms in total. The van der Waals surface area contributed by atoms with Crippen molar-refractivity contribution in [2.24, 2.45) is 5.92 Å². The Morgan fingerprint density at radius 1 is 1.06 bits per heavy atom. The Kier molecular flexibility index (Phi) is 5.83. The predicted octanol–water partition coefficient (Wildman–Crippen LogP) is 6.70. The number of hydrogen-bond donors (Lipinski definition) is 0. The van der Waals surface area contributed by atoms with E-state index in [2.05, 4.69) is 46.3 Å². The van der Waals surface area contributed by atoms with Crippen LogP contribution in [0.2, 0.25) is 0 Å². The number of fused-ring (bicyclic) bond motifs is 1. The molecule has 1 saturated carbocycles. The normalized spacial score (nSPS) is 15.0. The molecule has 0 radical (unpaired) electrons. The Hall–Kier alpha value is -2.92. The van der Waals surface area contributed by atoms with Gasteiger partial charge < -0.3 is 13.8 Å². The van der Waals surface area contributed by atoms with Crippen molar-refractivity contribution in [2.75, 3.05) is 7.11 Å². The fraction of sp³-hybridized carbons (Fsp3) is 0.407. The minimum Gasteiger partial charge on any atom is -0.380 e. The Balaban J connectivity index is 1.60. The van der Waals surface area contributed by atoms with Gasteiger partial charge >= 0.3 is 0 Å². The van der Waals surface area contributed by atoms with Crippen LogP contribution in [0, 0.1) is 19.8 Å². The van der Waals surface area contributed by atoms with E-state index < -0.39 is 0 Å². The zero-order valence-corrected chi connectivity index (χ0v) is 19.2. The molecular formula is C27H31N3O2. The van der Waals surface area contributed by atoms with Crippen LogP contribution in [-0.4, -0.2) is 21.8 Å². The lowest BCUT2D eigenvalue weighted by Gasteiger charge is -2.22. The van der Waals surface area contributed by atoms with Gasteiger partial charge in [0, 0.05) is 42.7 Å². The molecule has 0 bridgehead atoms. The van der Waals surface area contributed by atoms with Gasteiger partial charge in [-0.05, 0) is 49.8 Å². The van der Waals surface area contributed by atoms with E-state index in [1.807, 2.05) is 20.0 Å². The topological polar surface area (TPSA) is 53.1 Å². The van der Waals surface area contributed by atoms with Gasteiger partial charge in [0.15, 0.2) is 0 Å². The highest BCUT2D eigenvalue weighted by Gasteiger charge is 2.20. The van der Waals surface area contributed by atoms with Gasteiger partial charge in [0.2, 0.25) is 0 Å². The molecule has 5 heteroatoms. The molecule has 32 heavy (non-hydrogen) atoms. The second-order valence-electron chi connectivity index (χ2n) is 9.12. The van der Waals surface area contributed by atoms with E-state index in [4.69, 9.17) is 14.2 Å². The number of ether oxygens (including phenoxy) is 1. The number of nitrogens with zero attached hydrogens (tertiary/aromatic N) is 3. The monoisotopic (exact) mass is 429 g/mol. The van der Waals surface area contributed by atoms with Crippen LogP contribution in [0.15, 0.2) is 47.2 Å². The molecule has 1 fully saturated rings. The highest BCUT2D eigenvalue weighted by Crippen LogP contribution is 2.35. The minimum absolute atomic E-state index is 0.628. The Morgan fingerprint density at radius 3 is 2.53 bits per heavy atom. The molecule has 4 aromatic rings. The predicted molar refractivity (Wildman–Crippen MR) is 127 cm³/mol. The Bertz CT molecular complexity index is 1190. The third kappa shape index (κ3) is 3.97. The van der Waals surface area contributed by atoms with E-state index in [9.17, 15) is 0 Å². The molecule has 3 heterocycles. The summed E-state index contributed by atoms with van der Waals surface area (Å²) in [6.45, 7) is 5.63. The summed E-state index contributed by atoms with van der Waals surface area (Å²) < 4.78 is 13.1.